The molecule has 60 valence electrons. The number of aromatic nitrogens is 2. The van der Waals surface area contributed by atoms with Crippen LogP contribution in [0.2, 0.25) is 0 Å². The number of rotatable bonds is 1. The molecular formula is C4H3BrN2O3S. The Hall–Kier alpha value is -0.530. The molecule has 0 amide bonds. The molecule has 11 heavy (non-hydrogen) atoms. The predicted octanol–water partition coefficient (Wildman–Crippen LogP) is 0.486. The minimum atomic E-state index is -4.21. The Morgan fingerprint density at radius 1 is 1.36 bits per heavy atom. The summed E-state index contributed by atoms with van der Waals surface area (Å²) >= 11 is 2.96. The van der Waals surface area contributed by atoms with E-state index in [-0.39, 0.29) is 0 Å². The summed E-state index contributed by atoms with van der Waals surface area (Å²) in [5, 5.41) is -0.458. The van der Waals surface area contributed by atoms with Crippen LogP contribution < -0.4 is 0 Å². The highest BCUT2D eigenvalue weighted by atomic mass is 79.9. The van der Waals surface area contributed by atoms with Gasteiger partial charge in [0, 0.05) is 0 Å². The summed E-state index contributed by atoms with van der Waals surface area (Å²) in [4.78, 5) is 6.96. The van der Waals surface area contributed by atoms with E-state index in [0.29, 0.717) is 4.60 Å². The molecule has 0 aromatic carbocycles. The lowest BCUT2D eigenvalue weighted by atomic mass is 10.8. The molecular weight excluding hydrogens is 236 g/mol. The van der Waals surface area contributed by atoms with E-state index in [1.807, 2.05) is 0 Å². The number of hydrogen-bond acceptors (Lipinski definition) is 4. The Balaban J connectivity index is 3.20. The van der Waals surface area contributed by atoms with Gasteiger partial charge >= 0.3 is 10.1 Å². The largest absolute Gasteiger partial charge is 0.313 e. The van der Waals surface area contributed by atoms with E-state index in [2.05, 4.69) is 25.9 Å². The van der Waals surface area contributed by atoms with Crippen molar-refractivity contribution < 1.29 is 13.0 Å². The lowest BCUT2D eigenvalue weighted by molar-refractivity contribution is 0.478. The monoisotopic (exact) mass is 238 g/mol. The molecule has 0 unspecified atom stereocenters. The Kier molecular flexibility index (Phi) is 2.21. The van der Waals surface area contributed by atoms with Crippen molar-refractivity contribution in [2.24, 2.45) is 0 Å². The first kappa shape index (κ1) is 8.57. The molecule has 1 rings (SSSR count). The van der Waals surface area contributed by atoms with Crippen molar-refractivity contribution in [3.05, 3.63) is 17.0 Å². The topological polar surface area (TPSA) is 80.2 Å². The molecule has 1 aromatic heterocycles. The molecule has 5 nitrogen and oxygen atoms in total. The quantitative estimate of drug-likeness (QED) is 0.721. The summed E-state index contributed by atoms with van der Waals surface area (Å²) in [5.41, 5.74) is 0. The first-order chi connectivity index (χ1) is 5.00. The first-order valence-electron chi connectivity index (χ1n) is 2.45. The van der Waals surface area contributed by atoms with Crippen LogP contribution in [0.3, 0.4) is 0 Å². The molecule has 1 heterocycles. The smallest absolute Gasteiger partial charge is 0.281 e. The molecule has 0 aliphatic heterocycles. The van der Waals surface area contributed by atoms with Crippen molar-refractivity contribution in [3.8, 4) is 0 Å². The Bertz CT molecular complexity index is 346. The van der Waals surface area contributed by atoms with Gasteiger partial charge in [-0.15, -0.1) is 0 Å². The molecule has 0 atom stereocenters. The van der Waals surface area contributed by atoms with E-state index in [0.717, 1.165) is 6.20 Å². The summed E-state index contributed by atoms with van der Waals surface area (Å²) in [5.74, 6) is 0. The second-order valence-corrected chi connectivity index (χ2v) is 3.83. The van der Waals surface area contributed by atoms with Crippen LogP contribution in [-0.4, -0.2) is 22.9 Å². The van der Waals surface area contributed by atoms with Gasteiger partial charge in [0.15, 0.2) is 0 Å². The molecule has 0 saturated carbocycles. The average Bonchev–Trinajstić information content (AvgIpc) is 1.86. The maximum atomic E-state index is 10.4. The molecule has 0 aliphatic carbocycles. The maximum Gasteiger partial charge on any atom is 0.313 e. The predicted molar refractivity (Wildman–Crippen MR) is 39.5 cm³/mol. The normalized spacial score (nSPS) is 11.5. The highest BCUT2D eigenvalue weighted by Crippen LogP contribution is 2.06. The summed E-state index contributed by atoms with van der Waals surface area (Å²) < 4.78 is 29.6. The zero-order chi connectivity index (χ0) is 8.48. The molecule has 1 N–H and O–H groups in total. The van der Waals surface area contributed by atoms with Gasteiger partial charge in [0.2, 0.25) is 5.03 Å². The van der Waals surface area contributed by atoms with Crippen LogP contribution in [0, 0.1) is 0 Å². The van der Waals surface area contributed by atoms with Crippen molar-refractivity contribution in [3.63, 3.8) is 0 Å². The average molecular weight is 239 g/mol. The Morgan fingerprint density at radius 2 is 2.00 bits per heavy atom. The summed E-state index contributed by atoms with van der Waals surface area (Å²) in [6.45, 7) is 0. The van der Waals surface area contributed by atoms with E-state index in [4.69, 9.17) is 4.55 Å². The lowest BCUT2D eigenvalue weighted by Gasteiger charge is -1.92. The van der Waals surface area contributed by atoms with Crippen molar-refractivity contribution in [2.75, 3.05) is 0 Å². The highest BCUT2D eigenvalue weighted by Gasteiger charge is 2.10. The van der Waals surface area contributed by atoms with Crippen LogP contribution >= 0.6 is 15.9 Å². The second kappa shape index (κ2) is 2.84. The fourth-order valence-corrected chi connectivity index (χ4v) is 1.01. The van der Waals surface area contributed by atoms with Gasteiger partial charge in [0.25, 0.3) is 0 Å². The zero-order valence-corrected chi connectivity index (χ0v) is 7.50. The molecule has 0 spiro atoms. The maximum absolute atomic E-state index is 10.4. The van der Waals surface area contributed by atoms with Gasteiger partial charge in [-0.1, -0.05) is 0 Å². The SMILES string of the molecule is O=S(=O)(O)c1cnc(Br)cn1. The third-order valence-corrected chi connectivity index (χ3v) is 2.01. The molecule has 0 fully saturated rings. The molecule has 1 aromatic rings. The van der Waals surface area contributed by atoms with Crippen molar-refractivity contribution in [1.29, 1.82) is 0 Å². The van der Waals surface area contributed by atoms with Crippen molar-refractivity contribution in [2.45, 2.75) is 5.03 Å². The van der Waals surface area contributed by atoms with Gasteiger partial charge in [-0.25, -0.2) is 9.97 Å². The van der Waals surface area contributed by atoms with E-state index in [1.165, 1.54) is 6.20 Å². The molecule has 0 aliphatic rings. The molecule has 0 bridgehead atoms. The summed E-state index contributed by atoms with van der Waals surface area (Å²) in [6, 6.07) is 0. The van der Waals surface area contributed by atoms with Crippen LogP contribution in [0.5, 0.6) is 0 Å². The minimum Gasteiger partial charge on any atom is -0.281 e. The fourth-order valence-electron chi connectivity index (χ4n) is 0.434. The van der Waals surface area contributed by atoms with Gasteiger partial charge in [-0.3, -0.25) is 4.55 Å². The van der Waals surface area contributed by atoms with E-state index >= 15 is 0 Å². The Morgan fingerprint density at radius 3 is 2.36 bits per heavy atom. The molecule has 0 saturated heterocycles. The first-order valence-corrected chi connectivity index (χ1v) is 4.68. The number of halogens is 1. The zero-order valence-electron chi connectivity index (χ0n) is 5.10. The Labute approximate surface area is 71.4 Å². The van der Waals surface area contributed by atoms with E-state index in [1.54, 1.807) is 0 Å². The van der Waals surface area contributed by atoms with Gasteiger partial charge in [0.1, 0.15) is 4.60 Å². The number of nitrogens with zero attached hydrogens (tertiary/aromatic N) is 2. The van der Waals surface area contributed by atoms with Crippen LogP contribution in [0.4, 0.5) is 0 Å². The van der Waals surface area contributed by atoms with Crippen LogP contribution in [0.1, 0.15) is 0 Å². The second-order valence-electron chi connectivity index (χ2n) is 1.65. The lowest BCUT2D eigenvalue weighted by Crippen LogP contribution is -2.01. The standard InChI is InChI=1S/C4H3BrN2O3S/c5-3-1-7-4(2-6-3)11(8,9)10/h1-2H,(H,8,9,10). The van der Waals surface area contributed by atoms with Crippen molar-refractivity contribution >= 4 is 26.0 Å². The minimum absolute atomic E-state index is 0.407. The van der Waals surface area contributed by atoms with Gasteiger partial charge in [0.05, 0.1) is 12.4 Å². The van der Waals surface area contributed by atoms with Crippen LogP contribution in [0.25, 0.3) is 0 Å². The van der Waals surface area contributed by atoms with E-state index in [9.17, 15) is 8.42 Å². The van der Waals surface area contributed by atoms with E-state index < -0.39 is 15.1 Å². The molecule has 0 radical (unpaired) electrons. The highest BCUT2D eigenvalue weighted by molar-refractivity contribution is 9.10. The van der Waals surface area contributed by atoms with Gasteiger partial charge in [-0.05, 0) is 15.9 Å². The van der Waals surface area contributed by atoms with Crippen molar-refractivity contribution in [1.82, 2.24) is 9.97 Å². The van der Waals surface area contributed by atoms with Crippen LogP contribution in [0.15, 0.2) is 22.0 Å². The fraction of sp³-hybridized carbons (Fsp3) is 0. The summed E-state index contributed by atoms with van der Waals surface area (Å²) in [6.07, 6.45) is 2.14. The van der Waals surface area contributed by atoms with Gasteiger partial charge < -0.3 is 0 Å². The van der Waals surface area contributed by atoms with Crippen LogP contribution in [-0.2, 0) is 10.1 Å². The third-order valence-electron chi connectivity index (χ3n) is 0.861. The third kappa shape index (κ3) is 2.21. The molecule has 7 heteroatoms. The summed E-state index contributed by atoms with van der Waals surface area (Å²) in [7, 11) is -4.21. The van der Waals surface area contributed by atoms with Gasteiger partial charge in [-0.2, -0.15) is 8.42 Å². The number of hydrogen-bond donors (Lipinski definition) is 1.